The first-order chi connectivity index (χ1) is 12.6. The van der Waals surface area contributed by atoms with E-state index in [4.69, 9.17) is 4.74 Å². The van der Waals surface area contributed by atoms with Gasteiger partial charge < -0.3 is 15.4 Å². The second-order valence-electron chi connectivity index (χ2n) is 6.23. The van der Waals surface area contributed by atoms with Crippen molar-refractivity contribution in [2.24, 2.45) is 0 Å². The number of carbonyl (C=O) groups is 2. The van der Waals surface area contributed by atoms with Crippen LogP contribution in [0, 0.1) is 6.92 Å². The number of ether oxygens (including phenoxy) is 1. The van der Waals surface area contributed by atoms with E-state index in [0.717, 1.165) is 18.7 Å². The molecule has 2 aromatic carbocycles. The summed E-state index contributed by atoms with van der Waals surface area (Å²) in [5.74, 6) is -0.243. The number of anilines is 2. The highest BCUT2D eigenvalue weighted by Crippen LogP contribution is 2.24. The summed E-state index contributed by atoms with van der Waals surface area (Å²) in [4.78, 5) is 26.7. The Morgan fingerprint density at radius 1 is 0.962 bits per heavy atom. The Labute approximate surface area is 153 Å². The fourth-order valence-electron chi connectivity index (χ4n) is 2.84. The molecule has 26 heavy (non-hydrogen) atoms. The largest absolute Gasteiger partial charge is 0.379 e. The van der Waals surface area contributed by atoms with Gasteiger partial charge in [-0.1, -0.05) is 24.3 Å². The second kappa shape index (κ2) is 8.60. The summed E-state index contributed by atoms with van der Waals surface area (Å²) in [6.45, 7) is 5.06. The van der Waals surface area contributed by atoms with Crippen molar-refractivity contribution in [2.75, 3.05) is 43.5 Å². The second-order valence-corrected chi connectivity index (χ2v) is 6.23. The molecule has 0 aliphatic carbocycles. The van der Waals surface area contributed by atoms with Crippen molar-refractivity contribution in [1.82, 2.24) is 4.90 Å². The third-order valence-corrected chi connectivity index (χ3v) is 4.36. The average molecular weight is 353 g/mol. The Bertz CT molecular complexity index is 771. The fraction of sp³-hybridized carbons (Fsp3) is 0.300. The van der Waals surface area contributed by atoms with Crippen LogP contribution >= 0.6 is 0 Å². The molecule has 2 N–H and O–H groups in total. The molecule has 1 aliphatic rings. The van der Waals surface area contributed by atoms with E-state index in [1.165, 1.54) is 0 Å². The number of nitrogens with one attached hydrogen (secondary N) is 2. The smallest absolute Gasteiger partial charge is 0.255 e. The molecule has 1 fully saturated rings. The van der Waals surface area contributed by atoms with Gasteiger partial charge in [0.05, 0.1) is 19.8 Å². The van der Waals surface area contributed by atoms with E-state index in [1.54, 1.807) is 12.1 Å². The van der Waals surface area contributed by atoms with E-state index in [1.807, 2.05) is 43.3 Å². The summed E-state index contributed by atoms with van der Waals surface area (Å²) in [7, 11) is 0. The first-order valence-corrected chi connectivity index (χ1v) is 8.69. The monoisotopic (exact) mass is 353 g/mol. The van der Waals surface area contributed by atoms with Gasteiger partial charge in [-0.05, 0) is 36.8 Å². The zero-order chi connectivity index (χ0) is 18.4. The van der Waals surface area contributed by atoms with Crippen LogP contribution in [0.5, 0.6) is 0 Å². The third kappa shape index (κ3) is 4.68. The van der Waals surface area contributed by atoms with Crippen molar-refractivity contribution in [3.63, 3.8) is 0 Å². The van der Waals surface area contributed by atoms with Crippen LogP contribution < -0.4 is 10.6 Å². The van der Waals surface area contributed by atoms with Gasteiger partial charge in [0.15, 0.2) is 0 Å². The maximum absolute atomic E-state index is 12.3. The SMILES string of the molecule is Cc1c(NC(=O)CN2CCOCC2)cccc1NC(=O)c1ccccc1. The molecule has 6 nitrogen and oxygen atoms in total. The van der Waals surface area contributed by atoms with Gasteiger partial charge in [-0.25, -0.2) is 0 Å². The van der Waals surface area contributed by atoms with E-state index >= 15 is 0 Å². The molecule has 0 aromatic heterocycles. The van der Waals surface area contributed by atoms with Crippen molar-refractivity contribution in [3.8, 4) is 0 Å². The Morgan fingerprint density at radius 2 is 1.62 bits per heavy atom. The van der Waals surface area contributed by atoms with Crippen LogP contribution in [0.15, 0.2) is 48.5 Å². The molecule has 2 aromatic rings. The van der Waals surface area contributed by atoms with Crippen LogP contribution in [0.25, 0.3) is 0 Å². The lowest BCUT2D eigenvalue weighted by Gasteiger charge is -2.26. The van der Waals surface area contributed by atoms with Crippen LogP contribution in [-0.4, -0.2) is 49.6 Å². The van der Waals surface area contributed by atoms with E-state index in [0.29, 0.717) is 36.7 Å². The quantitative estimate of drug-likeness (QED) is 0.867. The zero-order valence-corrected chi connectivity index (χ0v) is 14.8. The molecular weight excluding hydrogens is 330 g/mol. The maximum Gasteiger partial charge on any atom is 0.255 e. The average Bonchev–Trinajstić information content (AvgIpc) is 2.66. The van der Waals surface area contributed by atoms with Crippen LogP contribution in [0.3, 0.4) is 0 Å². The Morgan fingerprint density at radius 3 is 2.31 bits per heavy atom. The summed E-state index contributed by atoms with van der Waals surface area (Å²) in [5, 5.41) is 5.84. The van der Waals surface area contributed by atoms with Crippen molar-refractivity contribution < 1.29 is 14.3 Å². The lowest BCUT2D eigenvalue weighted by molar-refractivity contribution is -0.118. The summed E-state index contributed by atoms with van der Waals surface area (Å²) >= 11 is 0. The van der Waals surface area contributed by atoms with Gasteiger partial charge in [0.25, 0.3) is 5.91 Å². The molecule has 0 spiro atoms. The molecule has 2 amide bonds. The van der Waals surface area contributed by atoms with Crippen molar-refractivity contribution >= 4 is 23.2 Å². The van der Waals surface area contributed by atoms with Gasteiger partial charge in [0, 0.05) is 30.0 Å². The van der Waals surface area contributed by atoms with Gasteiger partial charge in [-0.15, -0.1) is 0 Å². The normalized spacial score (nSPS) is 14.7. The molecule has 6 heteroatoms. The van der Waals surface area contributed by atoms with Gasteiger partial charge >= 0.3 is 0 Å². The molecule has 0 atom stereocenters. The minimum Gasteiger partial charge on any atom is -0.379 e. The molecule has 136 valence electrons. The number of morpholine rings is 1. The van der Waals surface area contributed by atoms with E-state index in [2.05, 4.69) is 15.5 Å². The molecule has 1 saturated heterocycles. The Kier molecular flexibility index (Phi) is 5.99. The van der Waals surface area contributed by atoms with Crippen molar-refractivity contribution in [3.05, 3.63) is 59.7 Å². The Balaban J connectivity index is 1.65. The molecule has 0 radical (unpaired) electrons. The topological polar surface area (TPSA) is 70.7 Å². The standard InChI is InChI=1S/C20H23N3O3/c1-15-17(21-19(24)14-23-10-12-26-13-11-23)8-5-9-18(15)22-20(25)16-6-3-2-4-7-16/h2-9H,10-14H2,1H3,(H,21,24)(H,22,25). The molecule has 3 rings (SSSR count). The minimum atomic E-state index is -0.175. The first-order valence-electron chi connectivity index (χ1n) is 8.69. The predicted molar refractivity (Wildman–Crippen MR) is 101 cm³/mol. The number of amides is 2. The van der Waals surface area contributed by atoms with E-state index in [-0.39, 0.29) is 11.8 Å². The van der Waals surface area contributed by atoms with Gasteiger partial charge in [0.1, 0.15) is 0 Å². The molecule has 0 unspecified atom stereocenters. The Hall–Kier alpha value is -2.70. The van der Waals surface area contributed by atoms with E-state index in [9.17, 15) is 9.59 Å². The third-order valence-electron chi connectivity index (χ3n) is 4.36. The number of benzene rings is 2. The first kappa shape index (κ1) is 18.1. The molecule has 1 heterocycles. The molecular formula is C20H23N3O3. The van der Waals surface area contributed by atoms with Crippen LogP contribution in [-0.2, 0) is 9.53 Å². The van der Waals surface area contributed by atoms with E-state index < -0.39 is 0 Å². The van der Waals surface area contributed by atoms with Crippen molar-refractivity contribution in [2.45, 2.75) is 6.92 Å². The van der Waals surface area contributed by atoms with Gasteiger partial charge in [-0.2, -0.15) is 0 Å². The highest BCUT2D eigenvalue weighted by atomic mass is 16.5. The molecule has 0 saturated carbocycles. The van der Waals surface area contributed by atoms with Crippen LogP contribution in [0.1, 0.15) is 15.9 Å². The van der Waals surface area contributed by atoms with Gasteiger partial charge in [0.2, 0.25) is 5.91 Å². The summed E-state index contributed by atoms with van der Waals surface area (Å²) in [5.41, 5.74) is 2.80. The summed E-state index contributed by atoms with van der Waals surface area (Å²) in [6.07, 6.45) is 0. The fourth-order valence-corrected chi connectivity index (χ4v) is 2.84. The summed E-state index contributed by atoms with van der Waals surface area (Å²) in [6, 6.07) is 14.5. The highest BCUT2D eigenvalue weighted by Gasteiger charge is 2.15. The zero-order valence-electron chi connectivity index (χ0n) is 14.8. The van der Waals surface area contributed by atoms with Crippen LogP contribution in [0.4, 0.5) is 11.4 Å². The van der Waals surface area contributed by atoms with Gasteiger partial charge in [-0.3, -0.25) is 14.5 Å². The number of nitrogens with zero attached hydrogens (tertiary/aromatic N) is 1. The number of carbonyl (C=O) groups excluding carboxylic acids is 2. The molecule has 1 aliphatic heterocycles. The highest BCUT2D eigenvalue weighted by molar-refractivity contribution is 6.05. The number of hydrogen-bond acceptors (Lipinski definition) is 4. The number of hydrogen-bond donors (Lipinski definition) is 2. The lowest BCUT2D eigenvalue weighted by Crippen LogP contribution is -2.41. The summed E-state index contributed by atoms with van der Waals surface area (Å²) < 4.78 is 5.29. The number of rotatable bonds is 5. The van der Waals surface area contributed by atoms with Crippen LogP contribution in [0.2, 0.25) is 0 Å². The lowest BCUT2D eigenvalue weighted by atomic mass is 10.1. The minimum absolute atomic E-state index is 0.0680. The molecule has 0 bridgehead atoms. The predicted octanol–water partition coefficient (Wildman–Crippen LogP) is 2.52. The van der Waals surface area contributed by atoms with Crippen molar-refractivity contribution in [1.29, 1.82) is 0 Å². The maximum atomic E-state index is 12.3.